The first kappa shape index (κ1) is 55.2. The lowest BCUT2D eigenvalue weighted by Crippen LogP contribution is -2.62. The number of benzene rings is 1. The monoisotopic (exact) mass is 968 g/mol. The average Bonchev–Trinajstić information content (AvgIpc) is 3.29. The standard InChI is InChI=1S/C48H77N3O15S/c1-14-35-48(10,57)41(54)28(4)38(52)26(2)24-47(9,61-13)43(29(5)40(30(6)44(56)64-35)65-36-25-46(8,60-12)42(55)31(7)63-36)66-45-39(53)33(23-27(3)62-45)51(11)22-21-50-67(58,59)34-19-15-17-32-18-16-20-49-37(32)34/h15-20,26-31,33,35-36,39-43,45,50,53-55,57H,14,21-25H2,1-13H3/t26-,27-,28+,29+,30-,31+,33+,35-,36?,39-,40+,41-,42+,43-,45?,46-,47-,48-/m1/s1. The lowest BCUT2D eigenvalue weighted by atomic mass is 9.74. The number of carbonyl (C=O) groups is 2. The van der Waals surface area contributed by atoms with Crippen LogP contribution in [-0.4, -0.2) is 169 Å². The summed E-state index contributed by atoms with van der Waals surface area (Å²) in [5.41, 5.74) is -4.13. The Bertz CT molecular complexity index is 2090. The first-order valence-electron chi connectivity index (χ1n) is 23.5. The van der Waals surface area contributed by atoms with Gasteiger partial charge in [-0.2, -0.15) is 0 Å². The minimum Gasteiger partial charge on any atom is -0.459 e. The van der Waals surface area contributed by atoms with E-state index in [0.29, 0.717) is 17.3 Å². The number of pyridine rings is 1. The fraction of sp³-hybridized carbons (Fsp3) is 0.771. The lowest BCUT2D eigenvalue weighted by Gasteiger charge is -2.50. The van der Waals surface area contributed by atoms with Crippen molar-refractivity contribution < 1.29 is 71.6 Å². The number of nitrogens with one attached hydrogen (secondary N) is 1. The number of hydrogen-bond donors (Lipinski definition) is 5. The van der Waals surface area contributed by atoms with E-state index in [-0.39, 0.29) is 43.0 Å². The molecule has 19 heteroatoms. The number of aromatic nitrogens is 1. The normalized spacial score (nSPS) is 41.0. The second-order valence-corrected chi connectivity index (χ2v) is 21.6. The summed E-state index contributed by atoms with van der Waals surface area (Å²) in [6.07, 6.45) is -8.75. The maximum atomic E-state index is 14.4. The molecule has 67 heavy (non-hydrogen) atoms. The van der Waals surface area contributed by atoms with Crippen LogP contribution in [0.5, 0.6) is 0 Å². The molecule has 3 saturated heterocycles. The van der Waals surface area contributed by atoms with Crippen molar-refractivity contribution in [3.63, 3.8) is 0 Å². The number of Topliss-reactive ketones (excluding diaryl/α,β-unsaturated/α-hetero) is 1. The SMILES string of the molecule is CC[C@H]1OC(=O)[C@H](C)[C@@H](OC2C[C@@](C)(OC)[C@@H](O)[C@H](C)O2)[C@H](C)[C@@H](OC2O[C@H](C)C[C@H](N(C)CCNS(=O)(=O)c3cccc4cccnc34)[C@H]2O)[C@](C)(OC)C[C@@H](C)C(=O)[C@H](C)[C@@H](O)[C@]1(C)O. The van der Waals surface area contributed by atoms with Crippen LogP contribution in [0.2, 0.25) is 0 Å². The van der Waals surface area contributed by atoms with Gasteiger partial charge < -0.3 is 53.6 Å². The highest BCUT2D eigenvalue weighted by atomic mass is 32.2. The second-order valence-electron chi connectivity index (χ2n) is 19.9. The number of fused-ring (bicyclic) bond motifs is 1. The summed E-state index contributed by atoms with van der Waals surface area (Å²) >= 11 is 0. The summed E-state index contributed by atoms with van der Waals surface area (Å²) < 4.78 is 74.2. The molecular formula is C48H77N3O15S. The summed E-state index contributed by atoms with van der Waals surface area (Å²) in [6.45, 7) is 16.9. The molecule has 0 aliphatic carbocycles. The van der Waals surface area contributed by atoms with E-state index in [1.54, 1.807) is 79.8 Å². The third kappa shape index (κ3) is 11.9. The summed E-state index contributed by atoms with van der Waals surface area (Å²) in [5, 5.41) is 47.3. The zero-order valence-electron chi connectivity index (χ0n) is 41.4. The predicted molar refractivity (Wildman–Crippen MR) is 247 cm³/mol. The molecular weight excluding hydrogens is 891 g/mol. The van der Waals surface area contributed by atoms with Gasteiger partial charge in [0, 0.05) is 69.1 Å². The van der Waals surface area contributed by atoms with Crippen LogP contribution in [0.15, 0.2) is 41.4 Å². The van der Waals surface area contributed by atoms with E-state index in [0.717, 1.165) is 0 Å². The van der Waals surface area contributed by atoms with Crippen LogP contribution in [-0.2, 0) is 52.8 Å². The quantitative estimate of drug-likeness (QED) is 0.181. The first-order valence-corrected chi connectivity index (χ1v) is 25.0. The largest absolute Gasteiger partial charge is 0.459 e. The number of aliphatic hydroxyl groups excluding tert-OH is 3. The third-order valence-electron chi connectivity index (χ3n) is 14.8. The molecule has 1 aromatic carbocycles. The summed E-state index contributed by atoms with van der Waals surface area (Å²) in [7, 11) is 0.761. The van der Waals surface area contributed by atoms with Crippen molar-refractivity contribution in [3.8, 4) is 0 Å². The zero-order valence-corrected chi connectivity index (χ0v) is 42.3. The molecule has 3 fully saturated rings. The molecule has 0 spiro atoms. The number of rotatable bonds is 13. The summed E-state index contributed by atoms with van der Waals surface area (Å²) in [6, 6.07) is 7.90. The molecule has 380 valence electrons. The van der Waals surface area contributed by atoms with Crippen LogP contribution in [0.1, 0.15) is 94.9 Å². The van der Waals surface area contributed by atoms with E-state index in [9.17, 15) is 38.4 Å². The molecule has 4 heterocycles. The van der Waals surface area contributed by atoms with Gasteiger partial charge in [-0.05, 0) is 80.0 Å². The molecule has 2 aromatic rings. The van der Waals surface area contributed by atoms with E-state index in [1.807, 2.05) is 11.8 Å². The Kier molecular flexibility index (Phi) is 18.2. The van der Waals surface area contributed by atoms with Crippen LogP contribution >= 0.6 is 0 Å². The van der Waals surface area contributed by atoms with Crippen molar-refractivity contribution in [2.45, 2.75) is 184 Å². The highest BCUT2D eigenvalue weighted by Crippen LogP contribution is 2.42. The Morgan fingerprint density at radius 1 is 0.896 bits per heavy atom. The van der Waals surface area contributed by atoms with Crippen molar-refractivity contribution in [2.75, 3.05) is 34.4 Å². The van der Waals surface area contributed by atoms with Crippen molar-refractivity contribution in [2.24, 2.45) is 23.7 Å². The molecule has 5 rings (SSSR count). The fourth-order valence-electron chi connectivity index (χ4n) is 10.4. The molecule has 18 nitrogen and oxygen atoms in total. The number of aliphatic hydroxyl groups is 4. The number of ketones is 1. The Morgan fingerprint density at radius 2 is 1.55 bits per heavy atom. The Hall–Kier alpha value is -2.76. The van der Waals surface area contributed by atoms with E-state index in [4.69, 9.17) is 33.2 Å². The number of para-hydroxylation sites is 1. The maximum absolute atomic E-state index is 14.4. The van der Waals surface area contributed by atoms with Gasteiger partial charge in [-0.25, -0.2) is 13.1 Å². The van der Waals surface area contributed by atoms with Crippen LogP contribution < -0.4 is 4.72 Å². The van der Waals surface area contributed by atoms with Gasteiger partial charge in [-0.3, -0.25) is 19.5 Å². The van der Waals surface area contributed by atoms with Gasteiger partial charge in [0.2, 0.25) is 10.0 Å². The molecule has 5 N–H and O–H groups in total. The van der Waals surface area contributed by atoms with Gasteiger partial charge in [0.25, 0.3) is 0 Å². The molecule has 0 radical (unpaired) electrons. The Balaban J connectivity index is 1.50. The number of likely N-dealkylation sites (N-methyl/N-ethyl adjacent to an activating group) is 1. The molecule has 1 aromatic heterocycles. The number of methoxy groups -OCH3 is 2. The van der Waals surface area contributed by atoms with Gasteiger partial charge >= 0.3 is 5.97 Å². The third-order valence-corrected chi connectivity index (χ3v) is 16.3. The molecule has 0 amide bonds. The highest BCUT2D eigenvalue weighted by molar-refractivity contribution is 7.89. The fourth-order valence-corrected chi connectivity index (χ4v) is 11.6. The number of cyclic esters (lactones) is 1. The molecule has 3 aliphatic rings. The summed E-state index contributed by atoms with van der Waals surface area (Å²) in [5.74, 6) is -4.93. The van der Waals surface area contributed by atoms with Gasteiger partial charge in [-0.1, -0.05) is 45.9 Å². The number of esters is 1. The van der Waals surface area contributed by atoms with Crippen LogP contribution in [0.25, 0.3) is 10.9 Å². The van der Waals surface area contributed by atoms with Crippen LogP contribution in [0.3, 0.4) is 0 Å². The zero-order chi connectivity index (χ0) is 50.0. The molecule has 0 saturated carbocycles. The van der Waals surface area contributed by atoms with Gasteiger partial charge in [0.1, 0.15) is 34.6 Å². The molecule has 2 unspecified atom stereocenters. The second kappa shape index (κ2) is 22.1. The number of nitrogens with zero attached hydrogens (tertiary/aromatic N) is 2. The Morgan fingerprint density at radius 3 is 2.19 bits per heavy atom. The van der Waals surface area contributed by atoms with Gasteiger partial charge in [-0.15, -0.1) is 0 Å². The van der Waals surface area contributed by atoms with Gasteiger partial charge in [0.15, 0.2) is 12.6 Å². The molecule has 3 aliphatic heterocycles. The van der Waals surface area contributed by atoms with Crippen molar-refractivity contribution in [3.05, 3.63) is 36.5 Å². The predicted octanol–water partition coefficient (Wildman–Crippen LogP) is 3.34. The minimum absolute atomic E-state index is 0.00874. The van der Waals surface area contributed by atoms with E-state index in [1.165, 1.54) is 40.3 Å². The maximum Gasteiger partial charge on any atom is 0.311 e. The first-order chi connectivity index (χ1) is 31.3. The van der Waals surface area contributed by atoms with Crippen LogP contribution in [0, 0.1) is 23.7 Å². The molecule has 18 atom stereocenters. The molecule has 0 bridgehead atoms. The van der Waals surface area contributed by atoms with Gasteiger partial charge in [0.05, 0.1) is 53.2 Å². The average molecular weight is 968 g/mol. The van der Waals surface area contributed by atoms with Crippen LogP contribution in [0.4, 0.5) is 0 Å². The highest BCUT2D eigenvalue weighted by Gasteiger charge is 2.54. The number of hydrogen-bond acceptors (Lipinski definition) is 17. The van der Waals surface area contributed by atoms with Crippen molar-refractivity contribution in [1.82, 2.24) is 14.6 Å². The number of sulfonamides is 1. The van der Waals surface area contributed by atoms with Crippen molar-refractivity contribution in [1.29, 1.82) is 0 Å². The Labute approximate surface area is 396 Å². The minimum atomic E-state index is -3.96. The summed E-state index contributed by atoms with van der Waals surface area (Å²) in [4.78, 5) is 34.8. The number of ether oxygens (including phenoxy) is 7. The van der Waals surface area contributed by atoms with Crippen molar-refractivity contribution >= 4 is 32.7 Å². The lowest BCUT2D eigenvalue weighted by molar-refractivity contribution is -0.319. The van der Waals surface area contributed by atoms with E-state index in [2.05, 4.69) is 9.71 Å². The van der Waals surface area contributed by atoms with E-state index < -0.39 is 124 Å². The topological polar surface area (TPSA) is 242 Å². The van der Waals surface area contributed by atoms with E-state index >= 15 is 0 Å². The smallest absolute Gasteiger partial charge is 0.311 e. The number of carbonyl (C=O) groups excluding carboxylic acids is 2.